The average molecular weight is 358 g/mol. The lowest BCUT2D eigenvalue weighted by molar-refractivity contribution is -0.222. The van der Waals surface area contributed by atoms with Crippen molar-refractivity contribution in [1.82, 2.24) is 4.98 Å². The number of carbonyl (C=O) groups excluding carboxylic acids is 1. The minimum absolute atomic E-state index is 0.126. The molecule has 1 aliphatic rings. The number of fused-ring (bicyclic) bond motifs is 1. The summed E-state index contributed by atoms with van der Waals surface area (Å²) in [6.07, 6.45) is -8.98. The van der Waals surface area contributed by atoms with Crippen LogP contribution in [0.25, 0.3) is 10.9 Å². The zero-order valence-electron chi connectivity index (χ0n) is 13.0. The van der Waals surface area contributed by atoms with Crippen molar-refractivity contribution in [2.75, 3.05) is 11.5 Å². The van der Waals surface area contributed by atoms with Crippen molar-refractivity contribution in [1.29, 1.82) is 0 Å². The van der Waals surface area contributed by atoms with Crippen LogP contribution in [0.15, 0.2) is 30.5 Å². The summed E-state index contributed by atoms with van der Waals surface area (Å²) in [5, 5.41) is 0.246. The van der Waals surface area contributed by atoms with Crippen molar-refractivity contribution in [3.8, 4) is 0 Å². The fraction of sp³-hybridized carbons (Fsp3) is 0.375. The van der Waals surface area contributed by atoms with Crippen molar-refractivity contribution >= 4 is 22.6 Å². The number of esters is 1. The molecule has 0 spiro atoms. The third-order valence-electron chi connectivity index (χ3n) is 3.74. The number of morpholine rings is 1. The van der Waals surface area contributed by atoms with Crippen LogP contribution in [0.4, 0.5) is 23.2 Å². The van der Waals surface area contributed by atoms with Crippen LogP contribution in [0.1, 0.15) is 17.3 Å². The van der Waals surface area contributed by atoms with Crippen LogP contribution >= 0.6 is 0 Å². The van der Waals surface area contributed by atoms with Crippen LogP contribution in [-0.2, 0) is 9.47 Å². The Morgan fingerprint density at radius 2 is 1.88 bits per heavy atom. The van der Waals surface area contributed by atoms with Crippen molar-refractivity contribution in [2.24, 2.45) is 0 Å². The third-order valence-corrected chi connectivity index (χ3v) is 3.74. The van der Waals surface area contributed by atoms with Gasteiger partial charge in [-0.3, -0.25) is 4.98 Å². The number of benzene rings is 1. The van der Waals surface area contributed by atoms with E-state index < -0.39 is 31.3 Å². The molecular formula is C16H14F4N2O3. The highest BCUT2D eigenvalue weighted by molar-refractivity contribution is 6.04. The highest BCUT2D eigenvalue weighted by atomic mass is 19.2. The summed E-state index contributed by atoms with van der Waals surface area (Å²) in [4.78, 5) is 16.4. The largest absolute Gasteiger partial charge is 0.462 e. The maximum atomic E-state index is 14.0. The molecule has 5 nitrogen and oxygen atoms in total. The quantitative estimate of drug-likeness (QED) is 0.478. The van der Waals surface area contributed by atoms with Gasteiger partial charge in [0.2, 0.25) is 12.6 Å². The van der Waals surface area contributed by atoms with Crippen molar-refractivity contribution in [3.05, 3.63) is 36.0 Å². The summed E-state index contributed by atoms with van der Waals surface area (Å²) < 4.78 is 63.8. The highest BCUT2D eigenvalue weighted by Crippen LogP contribution is 2.34. The predicted molar refractivity (Wildman–Crippen MR) is 80.8 cm³/mol. The molecular weight excluding hydrogens is 344 g/mol. The Labute approximate surface area is 140 Å². The molecule has 4 unspecified atom stereocenters. The summed E-state index contributed by atoms with van der Waals surface area (Å²) in [6, 6.07) is 5.27. The molecule has 3 rings (SSSR count). The number of rotatable bonds is 3. The molecule has 1 aromatic heterocycles. The second kappa shape index (κ2) is 6.83. The van der Waals surface area contributed by atoms with E-state index in [4.69, 9.17) is 4.74 Å². The zero-order chi connectivity index (χ0) is 18.1. The van der Waals surface area contributed by atoms with Crippen LogP contribution in [-0.4, -0.2) is 42.9 Å². The first-order valence-electron chi connectivity index (χ1n) is 7.50. The molecule has 4 atom stereocenters. The summed E-state index contributed by atoms with van der Waals surface area (Å²) in [6.45, 7) is 1.77. The number of anilines is 1. The van der Waals surface area contributed by atoms with E-state index in [1.165, 1.54) is 30.5 Å². The Balaban J connectivity index is 2.08. The van der Waals surface area contributed by atoms with Gasteiger partial charge < -0.3 is 14.4 Å². The molecule has 1 aromatic carbocycles. The van der Waals surface area contributed by atoms with E-state index in [0.29, 0.717) is 10.4 Å². The number of ether oxygens (including phenoxy) is 2. The number of aromatic nitrogens is 1. The number of alkyl halides is 4. The van der Waals surface area contributed by atoms with Gasteiger partial charge in [0.25, 0.3) is 12.7 Å². The van der Waals surface area contributed by atoms with Gasteiger partial charge in [0.15, 0.2) is 0 Å². The highest BCUT2D eigenvalue weighted by Gasteiger charge is 2.45. The van der Waals surface area contributed by atoms with Gasteiger partial charge in [-0.2, -0.15) is 0 Å². The Kier molecular flexibility index (Phi) is 4.76. The Morgan fingerprint density at radius 3 is 2.52 bits per heavy atom. The molecule has 0 saturated carbocycles. The minimum Gasteiger partial charge on any atom is -0.462 e. The van der Waals surface area contributed by atoms with Crippen molar-refractivity contribution < 1.29 is 31.8 Å². The van der Waals surface area contributed by atoms with E-state index in [0.717, 1.165) is 0 Å². The third kappa shape index (κ3) is 3.11. The Hall–Kier alpha value is -2.42. The van der Waals surface area contributed by atoms with E-state index >= 15 is 0 Å². The molecule has 2 heterocycles. The number of pyridine rings is 1. The maximum Gasteiger partial charge on any atom is 0.338 e. The number of halogens is 4. The molecule has 25 heavy (non-hydrogen) atoms. The molecule has 0 bridgehead atoms. The number of hydrogen-bond donors (Lipinski definition) is 0. The summed E-state index contributed by atoms with van der Waals surface area (Å²) in [5.41, 5.74) is 0.336. The van der Waals surface area contributed by atoms with E-state index in [9.17, 15) is 22.4 Å². The van der Waals surface area contributed by atoms with Gasteiger partial charge in [-0.05, 0) is 31.2 Å². The average Bonchev–Trinajstić information content (AvgIpc) is 2.60. The lowest BCUT2D eigenvalue weighted by Gasteiger charge is -2.38. The molecule has 0 aliphatic carbocycles. The normalized spacial score (nSPS) is 26.7. The number of nitrogens with zero attached hydrogens (tertiary/aromatic N) is 2. The first kappa shape index (κ1) is 17.4. The van der Waals surface area contributed by atoms with Crippen molar-refractivity contribution in [3.63, 3.8) is 0 Å². The lowest BCUT2D eigenvalue weighted by Crippen LogP contribution is -2.55. The standard InChI is InChI=1S/C16H14F4N2O3/c1-2-24-16(23)9-5-6-21-11-4-3-8(7-10(9)11)22-12(17)14(19)25-15(20)13(22)18/h3-7,12-15H,2H2,1H3. The SMILES string of the molecule is CCOC(=O)c1ccnc2ccc(N3C(F)C(F)OC(F)C3F)cc12. The fourth-order valence-corrected chi connectivity index (χ4v) is 2.61. The Morgan fingerprint density at radius 1 is 1.20 bits per heavy atom. The van der Waals surface area contributed by atoms with Gasteiger partial charge in [0.1, 0.15) is 0 Å². The number of carbonyl (C=O) groups is 1. The summed E-state index contributed by atoms with van der Waals surface area (Å²) in [5.74, 6) is -0.644. The van der Waals surface area contributed by atoms with E-state index in [2.05, 4.69) is 9.72 Å². The molecule has 0 radical (unpaired) electrons. The van der Waals surface area contributed by atoms with E-state index in [1.807, 2.05) is 0 Å². The molecule has 2 aromatic rings. The first-order chi connectivity index (χ1) is 11.9. The molecule has 0 amide bonds. The van der Waals surface area contributed by atoms with E-state index in [-0.39, 0.29) is 23.2 Å². The molecule has 9 heteroatoms. The lowest BCUT2D eigenvalue weighted by atomic mass is 10.1. The first-order valence-corrected chi connectivity index (χ1v) is 7.50. The second-order valence-corrected chi connectivity index (χ2v) is 5.27. The molecule has 1 saturated heterocycles. The van der Waals surface area contributed by atoms with Gasteiger partial charge in [-0.15, -0.1) is 0 Å². The fourth-order valence-electron chi connectivity index (χ4n) is 2.61. The van der Waals surface area contributed by atoms with Gasteiger partial charge in [0, 0.05) is 17.3 Å². The van der Waals surface area contributed by atoms with Crippen molar-refractivity contribution in [2.45, 2.75) is 32.2 Å². The molecule has 0 N–H and O–H groups in total. The zero-order valence-corrected chi connectivity index (χ0v) is 13.0. The minimum atomic E-state index is -2.64. The second-order valence-electron chi connectivity index (χ2n) is 5.27. The van der Waals surface area contributed by atoms with Gasteiger partial charge in [-0.1, -0.05) is 0 Å². The summed E-state index contributed by atoms with van der Waals surface area (Å²) >= 11 is 0. The van der Waals surface area contributed by atoms with Crippen LogP contribution in [0.2, 0.25) is 0 Å². The smallest absolute Gasteiger partial charge is 0.338 e. The molecule has 1 fully saturated rings. The van der Waals surface area contributed by atoms with Gasteiger partial charge >= 0.3 is 5.97 Å². The Bertz CT molecular complexity index is 777. The maximum absolute atomic E-state index is 14.0. The van der Waals surface area contributed by atoms with Crippen LogP contribution < -0.4 is 4.90 Å². The monoisotopic (exact) mass is 358 g/mol. The van der Waals surface area contributed by atoms with Crippen LogP contribution in [0, 0.1) is 0 Å². The molecule has 1 aliphatic heterocycles. The van der Waals surface area contributed by atoms with Gasteiger partial charge in [0.05, 0.1) is 17.7 Å². The number of hydrogen-bond acceptors (Lipinski definition) is 5. The summed E-state index contributed by atoms with van der Waals surface area (Å²) in [7, 11) is 0. The van der Waals surface area contributed by atoms with Gasteiger partial charge in [-0.25, -0.2) is 22.4 Å². The van der Waals surface area contributed by atoms with E-state index in [1.54, 1.807) is 6.92 Å². The topological polar surface area (TPSA) is 51.7 Å². The van der Waals surface area contributed by atoms with Crippen LogP contribution in [0.5, 0.6) is 0 Å². The predicted octanol–water partition coefficient (Wildman–Crippen LogP) is 3.43. The van der Waals surface area contributed by atoms with Crippen LogP contribution in [0.3, 0.4) is 0 Å². The molecule has 134 valence electrons.